The van der Waals surface area contributed by atoms with E-state index in [0.717, 1.165) is 30.6 Å². The van der Waals surface area contributed by atoms with Crippen molar-refractivity contribution < 1.29 is 9.59 Å². The highest BCUT2D eigenvalue weighted by molar-refractivity contribution is 8.00. The van der Waals surface area contributed by atoms with E-state index in [1.807, 2.05) is 36.4 Å². The third kappa shape index (κ3) is 5.38. The molecule has 0 heterocycles. The van der Waals surface area contributed by atoms with E-state index in [9.17, 15) is 9.59 Å². The zero-order valence-electron chi connectivity index (χ0n) is 16.5. The van der Waals surface area contributed by atoms with Gasteiger partial charge in [0.05, 0.1) is 16.8 Å². The largest absolute Gasteiger partial charge is 0.349 e. The Morgan fingerprint density at radius 2 is 1.54 bits per heavy atom. The van der Waals surface area contributed by atoms with Crippen LogP contribution in [0.5, 0.6) is 0 Å². The van der Waals surface area contributed by atoms with Crippen LogP contribution in [-0.4, -0.2) is 23.1 Å². The van der Waals surface area contributed by atoms with E-state index in [1.54, 1.807) is 23.9 Å². The molecule has 1 aliphatic carbocycles. The summed E-state index contributed by atoms with van der Waals surface area (Å²) >= 11 is 1.66. The maximum absolute atomic E-state index is 12.9. The molecule has 2 aromatic rings. The van der Waals surface area contributed by atoms with Crippen LogP contribution < -0.4 is 10.6 Å². The van der Waals surface area contributed by atoms with Crippen LogP contribution in [0.3, 0.4) is 0 Å². The lowest BCUT2D eigenvalue weighted by molar-refractivity contribution is 0.0928. The lowest BCUT2D eigenvalue weighted by Gasteiger charge is -2.23. The minimum Gasteiger partial charge on any atom is -0.349 e. The summed E-state index contributed by atoms with van der Waals surface area (Å²) in [5, 5.41) is 6.45. The molecule has 4 nitrogen and oxygen atoms in total. The van der Waals surface area contributed by atoms with E-state index in [2.05, 4.69) is 24.5 Å². The average Bonchev–Trinajstić information content (AvgIpc) is 2.69. The molecule has 0 spiro atoms. The van der Waals surface area contributed by atoms with Gasteiger partial charge in [0, 0.05) is 16.2 Å². The van der Waals surface area contributed by atoms with Gasteiger partial charge in [0.2, 0.25) is 0 Å². The van der Waals surface area contributed by atoms with Crippen molar-refractivity contribution in [3.05, 3.63) is 59.7 Å². The van der Waals surface area contributed by atoms with Crippen molar-refractivity contribution in [1.29, 1.82) is 0 Å². The van der Waals surface area contributed by atoms with Crippen LogP contribution in [-0.2, 0) is 0 Å². The fraction of sp³-hybridized carbons (Fsp3) is 0.391. The van der Waals surface area contributed by atoms with Crippen LogP contribution >= 0.6 is 11.8 Å². The van der Waals surface area contributed by atoms with Crippen LogP contribution in [0.4, 0.5) is 5.69 Å². The fourth-order valence-electron chi connectivity index (χ4n) is 3.50. The lowest BCUT2D eigenvalue weighted by atomic mass is 9.95. The van der Waals surface area contributed by atoms with Crippen molar-refractivity contribution in [2.75, 3.05) is 5.32 Å². The number of rotatable bonds is 6. The summed E-state index contributed by atoms with van der Waals surface area (Å²) in [6.07, 6.45) is 5.62. The third-order valence-electron chi connectivity index (χ3n) is 4.85. The van der Waals surface area contributed by atoms with Crippen LogP contribution in [0.2, 0.25) is 0 Å². The molecule has 2 aromatic carbocycles. The second-order valence-electron chi connectivity index (χ2n) is 7.47. The summed E-state index contributed by atoms with van der Waals surface area (Å²) in [6, 6.07) is 15.0. The molecule has 1 aliphatic rings. The molecule has 148 valence electrons. The van der Waals surface area contributed by atoms with Gasteiger partial charge in [-0.1, -0.05) is 57.4 Å². The lowest BCUT2D eigenvalue weighted by Crippen LogP contribution is -2.36. The second kappa shape index (κ2) is 9.78. The summed E-state index contributed by atoms with van der Waals surface area (Å²) in [7, 11) is 0. The van der Waals surface area contributed by atoms with Gasteiger partial charge in [-0.3, -0.25) is 9.59 Å². The number of carbonyl (C=O) groups is 2. The molecule has 3 rings (SSSR count). The van der Waals surface area contributed by atoms with E-state index in [1.165, 1.54) is 6.42 Å². The monoisotopic (exact) mass is 396 g/mol. The topological polar surface area (TPSA) is 58.2 Å². The van der Waals surface area contributed by atoms with Crippen molar-refractivity contribution in [2.24, 2.45) is 0 Å². The van der Waals surface area contributed by atoms with E-state index in [0.29, 0.717) is 22.1 Å². The Labute approximate surface area is 171 Å². The molecule has 0 unspecified atom stereocenters. The predicted molar refractivity (Wildman–Crippen MR) is 116 cm³/mol. The van der Waals surface area contributed by atoms with Gasteiger partial charge in [0.25, 0.3) is 11.8 Å². The summed E-state index contributed by atoms with van der Waals surface area (Å²) in [6.45, 7) is 4.20. The van der Waals surface area contributed by atoms with Gasteiger partial charge in [0.1, 0.15) is 0 Å². The molecule has 2 N–H and O–H groups in total. The first-order valence-corrected chi connectivity index (χ1v) is 10.9. The van der Waals surface area contributed by atoms with E-state index < -0.39 is 0 Å². The maximum Gasteiger partial charge on any atom is 0.256 e. The molecule has 0 bridgehead atoms. The van der Waals surface area contributed by atoms with Gasteiger partial charge in [-0.15, -0.1) is 11.8 Å². The molecule has 0 radical (unpaired) electrons. The van der Waals surface area contributed by atoms with Gasteiger partial charge in [-0.05, 0) is 37.1 Å². The van der Waals surface area contributed by atoms with Crippen molar-refractivity contribution in [1.82, 2.24) is 5.32 Å². The molecular weight excluding hydrogens is 368 g/mol. The second-order valence-corrected chi connectivity index (χ2v) is 9.09. The zero-order valence-corrected chi connectivity index (χ0v) is 17.4. The van der Waals surface area contributed by atoms with E-state index in [4.69, 9.17) is 0 Å². The van der Waals surface area contributed by atoms with Crippen LogP contribution in [0.1, 0.15) is 66.7 Å². The van der Waals surface area contributed by atoms with Gasteiger partial charge < -0.3 is 10.6 Å². The highest BCUT2D eigenvalue weighted by Crippen LogP contribution is 2.27. The van der Waals surface area contributed by atoms with Crippen LogP contribution in [0, 0.1) is 0 Å². The van der Waals surface area contributed by atoms with Gasteiger partial charge in [-0.2, -0.15) is 0 Å². The van der Waals surface area contributed by atoms with Gasteiger partial charge in [0.15, 0.2) is 0 Å². The molecule has 5 heteroatoms. The third-order valence-corrected chi connectivity index (χ3v) is 5.94. The zero-order chi connectivity index (χ0) is 19.9. The Morgan fingerprint density at radius 3 is 2.25 bits per heavy atom. The summed E-state index contributed by atoms with van der Waals surface area (Å²) in [4.78, 5) is 26.7. The molecule has 1 saturated carbocycles. The van der Waals surface area contributed by atoms with Crippen LogP contribution in [0.15, 0.2) is 53.4 Å². The number of amides is 2. The molecule has 2 amide bonds. The Balaban J connectivity index is 1.76. The number of thioether (sulfide) groups is 1. The molecule has 0 aliphatic heterocycles. The SMILES string of the molecule is CC(C)Sc1ccccc1C(=O)Nc1ccccc1C(=O)NC1CCCCC1. The molecule has 0 aromatic heterocycles. The molecule has 0 atom stereocenters. The molecule has 0 saturated heterocycles. The smallest absolute Gasteiger partial charge is 0.256 e. The maximum atomic E-state index is 12.9. The Kier molecular flexibility index (Phi) is 7.15. The summed E-state index contributed by atoms with van der Waals surface area (Å²) in [5.74, 6) is -0.311. The molecule has 1 fully saturated rings. The minimum absolute atomic E-state index is 0.118. The van der Waals surface area contributed by atoms with E-state index in [-0.39, 0.29) is 17.9 Å². The van der Waals surface area contributed by atoms with Crippen molar-refractivity contribution in [2.45, 2.75) is 62.1 Å². The number of hydrogen-bond donors (Lipinski definition) is 2. The number of carbonyl (C=O) groups excluding carboxylic acids is 2. The van der Waals surface area contributed by atoms with Crippen LogP contribution in [0.25, 0.3) is 0 Å². The molecule has 28 heavy (non-hydrogen) atoms. The number of benzene rings is 2. The normalized spacial score (nSPS) is 14.7. The number of nitrogens with one attached hydrogen (secondary N) is 2. The Morgan fingerprint density at radius 1 is 0.893 bits per heavy atom. The summed E-state index contributed by atoms with van der Waals surface area (Å²) < 4.78 is 0. The molecular formula is C23H28N2O2S. The fourth-order valence-corrected chi connectivity index (χ4v) is 4.45. The number of hydrogen-bond acceptors (Lipinski definition) is 3. The summed E-state index contributed by atoms with van der Waals surface area (Å²) in [5.41, 5.74) is 1.68. The minimum atomic E-state index is -0.193. The van der Waals surface area contributed by atoms with Crippen molar-refractivity contribution >= 4 is 29.3 Å². The predicted octanol–water partition coefficient (Wildman–Crippen LogP) is 5.50. The van der Waals surface area contributed by atoms with Gasteiger partial charge >= 0.3 is 0 Å². The van der Waals surface area contributed by atoms with Crippen molar-refractivity contribution in [3.8, 4) is 0 Å². The first-order valence-electron chi connectivity index (χ1n) is 10.0. The quantitative estimate of drug-likeness (QED) is 0.634. The number of para-hydroxylation sites is 1. The van der Waals surface area contributed by atoms with Gasteiger partial charge in [-0.25, -0.2) is 0 Å². The Bertz CT molecular complexity index is 829. The standard InChI is InChI=1S/C23H28N2O2S/c1-16(2)28-21-15-9-7-13-19(21)23(27)25-20-14-8-6-12-18(20)22(26)24-17-10-4-3-5-11-17/h6-9,12-17H,3-5,10-11H2,1-2H3,(H,24,26)(H,25,27). The first-order chi connectivity index (χ1) is 13.5. The highest BCUT2D eigenvalue weighted by Gasteiger charge is 2.20. The number of anilines is 1. The first kappa shape index (κ1) is 20.5. The van der Waals surface area contributed by atoms with E-state index >= 15 is 0 Å². The highest BCUT2D eigenvalue weighted by atomic mass is 32.2. The van der Waals surface area contributed by atoms with Crippen molar-refractivity contribution in [3.63, 3.8) is 0 Å². The Hall–Kier alpha value is -2.27. The average molecular weight is 397 g/mol.